The van der Waals surface area contributed by atoms with Crippen molar-refractivity contribution in [3.05, 3.63) is 64.9 Å². The molecule has 1 aromatic rings. The summed E-state index contributed by atoms with van der Waals surface area (Å²) in [6.07, 6.45) is 6.55. The Morgan fingerprint density at radius 2 is 2.00 bits per heavy atom. The van der Waals surface area contributed by atoms with Gasteiger partial charge in [-0.3, -0.25) is 0 Å². The lowest BCUT2D eigenvalue weighted by Crippen LogP contribution is -2.39. The van der Waals surface area contributed by atoms with E-state index >= 15 is 0 Å². The van der Waals surface area contributed by atoms with Crippen LogP contribution in [0.4, 0.5) is 0 Å². The molecule has 0 aromatic heterocycles. The van der Waals surface area contributed by atoms with Crippen molar-refractivity contribution in [2.75, 3.05) is 14.2 Å². The van der Waals surface area contributed by atoms with Crippen LogP contribution in [0.3, 0.4) is 0 Å². The summed E-state index contributed by atoms with van der Waals surface area (Å²) < 4.78 is 10.5. The molecule has 0 saturated carbocycles. The van der Waals surface area contributed by atoms with Gasteiger partial charge < -0.3 is 15.2 Å². The average Bonchev–Trinajstić information content (AvgIpc) is 2.56. The van der Waals surface area contributed by atoms with E-state index in [1.54, 1.807) is 14.2 Å². The predicted molar refractivity (Wildman–Crippen MR) is 96.2 cm³/mol. The van der Waals surface area contributed by atoms with Gasteiger partial charge in [-0.1, -0.05) is 48.5 Å². The van der Waals surface area contributed by atoms with Crippen LogP contribution in [0.1, 0.15) is 24.0 Å². The summed E-state index contributed by atoms with van der Waals surface area (Å²) in [7, 11) is 3.19. The molecule has 0 bridgehead atoms. The van der Waals surface area contributed by atoms with E-state index < -0.39 is 0 Å². The van der Waals surface area contributed by atoms with Crippen molar-refractivity contribution in [3.63, 3.8) is 0 Å². The fraction of sp³-hybridized carbons (Fsp3) is 0.368. The molecule has 124 valence electrons. The zero-order chi connectivity index (χ0) is 16.8. The Labute approximate surface area is 143 Å². The summed E-state index contributed by atoms with van der Waals surface area (Å²) in [4.78, 5) is 0. The summed E-state index contributed by atoms with van der Waals surface area (Å²) in [5.41, 5.74) is 9.73. The van der Waals surface area contributed by atoms with Crippen LogP contribution in [0.5, 0.6) is 0 Å². The molecule has 1 aromatic carbocycles. The van der Waals surface area contributed by atoms with Gasteiger partial charge in [0.1, 0.15) is 11.9 Å². The monoisotopic (exact) mass is 333 g/mol. The van der Waals surface area contributed by atoms with Crippen molar-refractivity contribution < 1.29 is 9.47 Å². The molecule has 0 unspecified atom stereocenters. The van der Waals surface area contributed by atoms with Gasteiger partial charge in [-0.15, -0.1) is 0 Å². The summed E-state index contributed by atoms with van der Waals surface area (Å²) in [5.74, 6) is 0.545. The average molecular weight is 334 g/mol. The molecule has 1 aliphatic rings. The van der Waals surface area contributed by atoms with E-state index in [2.05, 4.69) is 36.9 Å². The van der Waals surface area contributed by atoms with Gasteiger partial charge in [-0.05, 0) is 42.0 Å². The van der Waals surface area contributed by atoms with Crippen LogP contribution in [0, 0.1) is 0 Å². The van der Waals surface area contributed by atoms with E-state index in [1.165, 1.54) is 11.1 Å². The predicted octanol–water partition coefficient (Wildman–Crippen LogP) is 4.03. The standard InChI is InChI=1S/C19H24ClNO2/c1-13(22-2)19(23-3)18(21)11-14-7-9-15(10-8-14)16-5-4-6-17(20)12-16/h5,7-10,12,18-19H,1,4,6,11,21H2,2-3H3/t18-,19-/m1/s1. The van der Waals surface area contributed by atoms with Gasteiger partial charge in [0, 0.05) is 18.2 Å². The Kier molecular flexibility index (Phi) is 6.46. The van der Waals surface area contributed by atoms with Gasteiger partial charge in [-0.25, -0.2) is 0 Å². The van der Waals surface area contributed by atoms with Crippen LogP contribution in [0.15, 0.2) is 53.8 Å². The van der Waals surface area contributed by atoms with Gasteiger partial charge in [0.25, 0.3) is 0 Å². The smallest absolute Gasteiger partial charge is 0.129 e. The lowest BCUT2D eigenvalue weighted by atomic mass is 9.96. The highest BCUT2D eigenvalue weighted by Gasteiger charge is 2.21. The van der Waals surface area contributed by atoms with E-state index in [0.29, 0.717) is 12.2 Å². The highest BCUT2D eigenvalue weighted by molar-refractivity contribution is 6.30. The molecule has 0 aliphatic heterocycles. The number of hydrogen-bond acceptors (Lipinski definition) is 3. The lowest BCUT2D eigenvalue weighted by Gasteiger charge is -2.23. The molecule has 0 amide bonds. The number of allylic oxidation sites excluding steroid dienone is 4. The Morgan fingerprint density at radius 3 is 2.57 bits per heavy atom. The minimum Gasteiger partial charge on any atom is -0.499 e. The largest absolute Gasteiger partial charge is 0.499 e. The molecule has 0 fully saturated rings. The van der Waals surface area contributed by atoms with E-state index in [9.17, 15) is 0 Å². The number of ether oxygens (including phenoxy) is 2. The first-order valence-corrected chi connectivity index (χ1v) is 8.09. The maximum atomic E-state index is 6.23. The highest BCUT2D eigenvalue weighted by Crippen LogP contribution is 2.27. The molecule has 2 atom stereocenters. The molecule has 23 heavy (non-hydrogen) atoms. The Morgan fingerprint density at radius 1 is 1.30 bits per heavy atom. The first kappa shape index (κ1) is 17.8. The van der Waals surface area contributed by atoms with E-state index in [1.807, 2.05) is 6.08 Å². The van der Waals surface area contributed by atoms with Gasteiger partial charge in [-0.2, -0.15) is 0 Å². The third-order valence-corrected chi connectivity index (χ3v) is 4.34. The number of halogens is 1. The van der Waals surface area contributed by atoms with Crippen LogP contribution in [0.2, 0.25) is 0 Å². The number of methoxy groups -OCH3 is 2. The molecule has 0 heterocycles. The fourth-order valence-corrected chi connectivity index (χ4v) is 2.97. The van der Waals surface area contributed by atoms with Crippen molar-refractivity contribution in [3.8, 4) is 0 Å². The molecule has 2 rings (SSSR count). The van der Waals surface area contributed by atoms with Crippen LogP contribution in [-0.2, 0) is 15.9 Å². The van der Waals surface area contributed by atoms with Gasteiger partial charge in [0.15, 0.2) is 0 Å². The highest BCUT2D eigenvalue weighted by atomic mass is 35.5. The van der Waals surface area contributed by atoms with Crippen molar-refractivity contribution >= 4 is 17.2 Å². The first-order valence-electron chi connectivity index (χ1n) is 7.72. The zero-order valence-electron chi connectivity index (χ0n) is 13.7. The van der Waals surface area contributed by atoms with Gasteiger partial charge in [0.2, 0.25) is 0 Å². The Hall–Kier alpha value is -1.55. The molecule has 2 N–H and O–H groups in total. The second-order valence-electron chi connectivity index (χ2n) is 5.68. The maximum absolute atomic E-state index is 6.23. The molecular formula is C19H24ClNO2. The molecule has 3 nitrogen and oxygen atoms in total. The summed E-state index contributed by atoms with van der Waals surface area (Å²) in [5, 5.41) is 0.912. The van der Waals surface area contributed by atoms with Crippen molar-refractivity contribution in [1.82, 2.24) is 0 Å². The number of rotatable bonds is 7. The maximum Gasteiger partial charge on any atom is 0.129 e. The minimum atomic E-state index is -0.317. The SMILES string of the molecule is C=C(OC)[C@@H](OC)[C@H](N)Cc1ccc(C2=CCCC(Cl)=C2)cc1. The van der Waals surface area contributed by atoms with E-state index in [-0.39, 0.29) is 12.1 Å². The van der Waals surface area contributed by atoms with Crippen LogP contribution in [0.25, 0.3) is 5.57 Å². The van der Waals surface area contributed by atoms with Gasteiger partial charge >= 0.3 is 0 Å². The van der Waals surface area contributed by atoms with E-state index in [4.69, 9.17) is 26.8 Å². The molecule has 0 saturated heterocycles. The number of nitrogens with two attached hydrogens (primary N) is 1. The molecule has 1 aliphatic carbocycles. The van der Waals surface area contributed by atoms with Crippen molar-refractivity contribution in [2.24, 2.45) is 5.73 Å². The zero-order valence-corrected chi connectivity index (χ0v) is 14.5. The molecule has 4 heteroatoms. The molecule has 0 spiro atoms. The van der Waals surface area contributed by atoms with Crippen LogP contribution < -0.4 is 5.73 Å². The summed E-state index contributed by atoms with van der Waals surface area (Å²) in [6, 6.07) is 8.18. The molecular weight excluding hydrogens is 310 g/mol. The van der Waals surface area contributed by atoms with Crippen LogP contribution >= 0.6 is 11.6 Å². The number of benzene rings is 1. The minimum absolute atomic E-state index is 0.207. The normalized spacial score (nSPS) is 17.0. The number of hydrogen-bond donors (Lipinski definition) is 1. The summed E-state index contributed by atoms with van der Waals surface area (Å²) in [6.45, 7) is 3.84. The second-order valence-corrected chi connectivity index (χ2v) is 6.17. The van der Waals surface area contributed by atoms with E-state index in [0.717, 1.165) is 23.4 Å². The van der Waals surface area contributed by atoms with Crippen LogP contribution in [-0.4, -0.2) is 26.4 Å². The Bertz CT molecular complexity index is 604. The third-order valence-electron chi connectivity index (χ3n) is 4.04. The topological polar surface area (TPSA) is 44.5 Å². The third kappa shape index (κ3) is 4.71. The first-order chi connectivity index (χ1) is 11.0. The van der Waals surface area contributed by atoms with Gasteiger partial charge in [0.05, 0.1) is 7.11 Å². The van der Waals surface area contributed by atoms with Crippen molar-refractivity contribution in [1.29, 1.82) is 0 Å². The molecule has 0 radical (unpaired) electrons. The summed E-state index contributed by atoms with van der Waals surface area (Å²) >= 11 is 6.13. The quantitative estimate of drug-likeness (QED) is 0.766. The second kappa shape index (κ2) is 8.34. The van der Waals surface area contributed by atoms with Crippen molar-refractivity contribution in [2.45, 2.75) is 31.4 Å². The Balaban J connectivity index is 2.05. The fourth-order valence-electron chi connectivity index (χ4n) is 2.74. The lowest BCUT2D eigenvalue weighted by molar-refractivity contribution is 0.0615.